The summed E-state index contributed by atoms with van der Waals surface area (Å²) in [7, 11) is 1.23. The van der Waals surface area contributed by atoms with E-state index in [4.69, 9.17) is 21.3 Å². The molecule has 0 amide bonds. The summed E-state index contributed by atoms with van der Waals surface area (Å²) >= 11 is 0. The number of rotatable bonds is 15. The molecule has 0 rings (SSSR count). The number of carbonyl (C=O) groups is 4. The topological polar surface area (TPSA) is 159 Å². The van der Waals surface area contributed by atoms with Crippen LogP contribution in [-0.4, -0.2) is 77.7 Å². The van der Waals surface area contributed by atoms with Crippen LogP contribution in [0.25, 0.3) is 0 Å². The molecule has 0 radical (unpaired) electrons. The number of aliphatic carboxylic acids is 1. The van der Waals surface area contributed by atoms with Gasteiger partial charge < -0.3 is 26.0 Å². The zero-order chi connectivity index (χ0) is 23.4. The number of nitrogens with two attached hydrogens (primary N) is 2. The summed E-state index contributed by atoms with van der Waals surface area (Å²) in [4.78, 5) is 43.7. The molecule has 0 bridgehead atoms. The minimum absolute atomic E-state index is 0. The second-order valence-electron chi connectivity index (χ2n) is 7.22. The first-order chi connectivity index (χ1) is 14.1. The van der Waals surface area contributed by atoms with Crippen LogP contribution in [0.4, 0.5) is 0 Å². The van der Waals surface area contributed by atoms with Gasteiger partial charge in [0, 0.05) is 12.8 Å². The van der Waals surface area contributed by atoms with Gasteiger partial charge in [0.2, 0.25) is 0 Å². The summed E-state index contributed by atoms with van der Waals surface area (Å²) in [6.07, 6.45) is 10.7. The Morgan fingerprint density at radius 3 is 1.68 bits per heavy atom. The fourth-order valence-electron chi connectivity index (χ4n) is 2.35. The fourth-order valence-corrected chi connectivity index (χ4v) is 2.35. The van der Waals surface area contributed by atoms with Gasteiger partial charge in [-0.2, -0.15) is 0 Å². The zero-order valence-corrected chi connectivity index (χ0v) is 18.7. The number of methoxy groups -OCH3 is 1. The summed E-state index contributed by atoms with van der Waals surface area (Å²) in [5.74, 6) is -2.69. The Kier molecular flexibility index (Phi) is 26.4. The second kappa shape index (κ2) is 23.7. The van der Waals surface area contributed by atoms with Crippen LogP contribution < -0.4 is 11.5 Å². The Morgan fingerprint density at radius 1 is 0.839 bits per heavy atom. The third-order valence-electron chi connectivity index (χ3n) is 4.27. The minimum atomic E-state index is -0.963. The summed E-state index contributed by atoms with van der Waals surface area (Å²) in [5, 5.41) is 7.87. The molecule has 178 valence electrons. The summed E-state index contributed by atoms with van der Waals surface area (Å²) in [5.41, 5.74) is 10.3. The number of carbonyl (C=O) groups excluding carboxylic acids is 3. The molecule has 9 nitrogen and oxygen atoms in total. The molecule has 0 heterocycles. The molecule has 0 saturated carbocycles. The van der Waals surface area contributed by atoms with Gasteiger partial charge in [0.1, 0.15) is 12.1 Å². The molecule has 0 fully saturated rings. The van der Waals surface area contributed by atoms with E-state index in [0.717, 1.165) is 19.3 Å². The van der Waals surface area contributed by atoms with Crippen molar-refractivity contribution in [3.63, 3.8) is 0 Å². The molecular formula is C21H41N2NaO7. The summed E-state index contributed by atoms with van der Waals surface area (Å²) in [6, 6.07) is -1.60. The molecule has 31 heavy (non-hydrogen) atoms. The van der Waals surface area contributed by atoms with Crippen molar-refractivity contribution in [1.29, 1.82) is 0 Å². The zero-order valence-electron chi connectivity index (χ0n) is 18.7. The van der Waals surface area contributed by atoms with Crippen LogP contribution in [0.3, 0.4) is 0 Å². The fraction of sp³-hybridized carbons (Fsp3) is 0.810. The van der Waals surface area contributed by atoms with Crippen molar-refractivity contribution in [2.45, 2.75) is 103 Å². The third-order valence-corrected chi connectivity index (χ3v) is 4.27. The Balaban J connectivity index is -0.000000976. The van der Waals surface area contributed by atoms with Crippen molar-refractivity contribution in [3.8, 4) is 0 Å². The summed E-state index contributed by atoms with van der Waals surface area (Å²) in [6.45, 7) is 3.62. The van der Waals surface area contributed by atoms with Crippen molar-refractivity contribution in [2.24, 2.45) is 11.5 Å². The van der Waals surface area contributed by atoms with E-state index in [-0.39, 0.29) is 48.8 Å². The van der Waals surface area contributed by atoms with E-state index >= 15 is 0 Å². The van der Waals surface area contributed by atoms with Gasteiger partial charge in [0.15, 0.2) is 0 Å². The first-order valence-corrected chi connectivity index (χ1v) is 10.7. The van der Waals surface area contributed by atoms with Gasteiger partial charge in [0.05, 0.1) is 7.11 Å². The van der Waals surface area contributed by atoms with E-state index in [1.165, 1.54) is 52.6 Å². The number of carboxylic acids is 1. The van der Waals surface area contributed by atoms with Crippen molar-refractivity contribution < 1.29 is 33.8 Å². The molecule has 10 heteroatoms. The SMILES string of the molecule is CCCCCCCCCCCC(=O)OC(=O)CC[C@H](N)C(=O)OC.C[C@H](N)C(=O)O.[NaH]. The number of esters is 3. The second-order valence-corrected chi connectivity index (χ2v) is 7.22. The standard InChI is InChI=1S/C18H33NO5.C3H7NO2.Na.H/c1-3-4-5-6-7-8-9-10-11-12-16(20)24-17(21)14-13-15(19)18(22)23-2;1-2(4)3(5)6;;/h15H,3-14,19H2,1-2H3;2H,4H2,1H3,(H,5,6);;/t15-;2-;;/m00../s1. The van der Waals surface area contributed by atoms with Gasteiger partial charge in [0.25, 0.3) is 0 Å². The molecule has 0 aliphatic carbocycles. The van der Waals surface area contributed by atoms with Gasteiger partial charge in [-0.1, -0.05) is 58.3 Å². The number of hydrogen-bond donors (Lipinski definition) is 3. The predicted molar refractivity (Wildman–Crippen MR) is 121 cm³/mol. The van der Waals surface area contributed by atoms with E-state index in [1.807, 2.05) is 0 Å². The van der Waals surface area contributed by atoms with Crippen LogP contribution in [0.15, 0.2) is 0 Å². The Hall–Kier alpha value is -1.00. The molecule has 0 spiro atoms. The molecule has 0 aromatic heterocycles. The van der Waals surface area contributed by atoms with E-state index in [2.05, 4.69) is 11.7 Å². The van der Waals surface area contributed by atoms with E-state index in [1.54, 1.807) is 0 Å². The van der Waals surface area contributed by atoms with E-state index in [0.29, 0.717) is 0 Å². The van der Waals surface area contributed by atoms with Crippen LogP contribution in [0.1, 0.15) is 90.9 Å². The van der Waals surface area contributed by atoms with Crippen molar-refractivity contribution >= 4 is 53.4 Å². The van der Waals surface area contributed by atoms with E-state index < -0.39 is 36.0 Å². The molecule has 0 aromatic rings. The molecule has 0 unspecified atom stereocenters. The van der Waals surface area contributed by atoms with Crippen molar-refractivity contribution in [2.75, 3.05) is 7.11 Å². The Bertz CT molecular complexity index is 502. The maximum absolute atomic E-state index is 11.5. The molecule has 0 aliphatic rings. The quantitative estimate of drug-likeness (QED) is 0.145. The molecule has 0 aliphatic heterocycles. The monoisotopic (exact) mass is 456 g/mol. The number of carboxylic acid groups (broad SMARTS) is 1. The average Bonchev–Trinajstić information content (AvgIpc) is 2.70. The van der Waals surface area contributed by atoms with Crippen LogP contribution in [0, 0.1) is 0 Å². The van der Waals surface area contributed by atoms with Crippen LogP contribution in [0.2, 0.25) is 0 Å². The van der Waals surface area contributed by atoms with Gasteiger partial charge in [-0.25, -0.2) is 0 Å². The first kappa shape index (κ1) is 34.6. The summed E-state index contributed by atoms with van der Waals surface area (Å²) < 4.78 is 9.16. The third kappa shape index (κ3) is 25.1. The molecular weight excluding hydrogens is 415 g/mol. The van der Waals surface area contributed by atoms with Gasteiger partial charge in [-0.05, 0) is 19.8 Å². The van der Waals surface area contributed by atoms with Crippen LogP contribution in [0.5, 0.6) is 0 Å². The molecule has 2 atom stereocenters. The first-order valence-electron chi connectivity index (χ1n) is 10.7. The Morgan fingerprint density at radius 2 is 1.26 bits per heavy atom. The number of unbranched alkanes of at least 4 members (excludes halogenated alkanes) is 8. The van der Waals surface area contributed by atoms with E-state index in [9.17, 15) is 19.2 Å². The molecule has 5 N–H and O–H groups in total. The number of hydrogen-bond acceptors (Lipinski definition) is 8. The van der Waals surface area contributed by atoms with Gasteiger partial charge in [-0.3, -0.25) is 19.2 Å². The maximum atomic E-state index is 11.5. The molecule has 0 saturated heterocycles. The van der Waals surface area contributed by atoms with Gasteiger partial charge in [-0.15, -0.1) is 0 Å². The predicted octanol–water partition coefficient (Wildman–Crippen LogP) is 2.03. The normalized spacial score (nSPS) is 11.8. The Labute approximate surface area is 208 Å². The van der Waals surface area contributed by atoms with Crippen molar-refractivity contribution in [1.82, 2.24) is 0 Å². The van der Waals surface area contributed by atoms with Crippen molar-refractivity contribution in [3.05, 3.63) is 0 Å². The number of ether oxygens (including phenoxy) is 2. The van der Waals surface area contributed by atoms with Gasteiger partial charge >= 0.3 is 53.4 Å². The average molecular weight is 457 g/mol. The molecule has 0 aromatic carbocycles. The van der Waals surface area contributed by atoms with Crippen LogP contribution in [-0.2, 0) is 28.7 Å². The van der Waals surface area contributed by atoms with Crippen LogP contribution >= 0.6 is 0 Å².